The first-order valence-electron chi connectivity index (χ1n) is 9.56. The summed E-state index contributed by atoms with van der Waals surface area (Å²) in [6.07, 6.45) is 6.64. The highest BCUT2D eigenvalue weighted by Gasteiger charge is 2.20. The van der Waals surface area contributed by atoms with E-state index >= 15 is 0 Å². The average molecular weight is 368 g/mol. The van der Waals surface area contributed by atoms with Crippen molar-refractivity contribution in [3.05, 3.63) is 58.1 Å². The molecule has 6 heteroatoms. The molecule has 1 saturated carbocycles. The molecule has 1 N–H and O–H groups in total. The van der Waals surface area contributed by atoms with Crippen LogP contribution in [0.4, 0.5) is 5.69 Å². The van der Waals surface area contributed by atoms with Crippen LogP contribution in [0.15, 0.2) is 45.8 Å². The van der Waals surface area contributed by atoms with E-state index in [-0.39, 0.29) is 29.7 Å². The lowest BCUT2D eigenvalue weighted by Gasteiger charge is -2.18. The topological polar surface area (TPSA) is 71.8 Å². The van der Waals surface area contributed by atoms with Gasteiger partial charge in [-0.15, -0.1) is 0 Å². The number of amides is 1. The fraction of sp³-hybridized carbons (Fsp3) is 0.429. The van der Waals surface area contributed by atoms with Crippen molar-refractivity contribution in [2.75, 3.05) is 18.1 Å². The SMILES string of the molecule is O=C(COc1coc(CN2CCc3ccccc32)cc1=O)NC1CCCC1. The van der Waals surface area contributed by atoms with E-state index in [9.17, 15) is 9.59 Å². The molecular weight excluding hydrogens is 344 g/mol. The van der Waals surface area contributed by atoms with Gasteiger partial charge in [-0.1, -0.05) is 31.0 Å². The molecule has 1 aliphatic heterocycles. The van der Waals surface area contributed by atoms with E-state index in [1.165, 1.54) is 23.6 Å². The van der Waals surface area contributed by atoms with Gasteiger partial charge in [0.15, 0.2) is 6.61 Å². The zero-order chi connectivity index (χ0) is 18.6. The van der Waals surface area contributed by atoms with Gasteiger partial charge in [-0.25, -0.2) is 0 Å². The molecule has 1 aliphatic carbocycles. The van der Waals surface area contributed by atoms with Gasteiger partial charge in [0, 0.05) is 24.3 Å². The third-order valence-corrected chi connectivity index (χ3v) is 5.26. The summed E-state index contributed by atoms with van der Waals surface area (Å²) >= 11 is 0. The average Bonchev–Trinajstić information content (AvgIpc) is 3.31. The summed E-state index contributed by atoms with van der Waals surface area (Å²) in [4.78, 5) is 26.4. The smallest absolute Gasteiger partial charge is 0.258 e. The summed E-state index contributed by atoms with van der Waals surface area (Å²) < 4.78 is 10.9. The first-order chi connectivity index (χ1) is 13.2. The van der Waals surface area contributed by atoms with Crippen LogP contribution in [0.2, 0.25) is 0 Å². The lowest BCUT2D eigenvalue weighted by Crippen LogP contribution is -2.36. The molecule has 1 aromatic heterocycles. The summed E-state index contributed by atoms with van der Waals surface area (Å²) in [6, 6.07) is 9.95. The normalized spacial score (nSPS) is 16.4. The number of benzene rings is 1. The number of para-hydroxylation sites is 1. The molecule has 0 unspecified atom stereocenters. The number of nitrogens with zero attached hydrogens (tertiary/aromatic N) is 1. The predicted molar refractivity (Wildman–Crippen MR) is 102 cm³/mol. The van der Waals surface area contributed by atoms with Crippen molar-refractivity contribution in [2.24, 2.45) is 0 Å². The molecule has 1 aromatic carbocycles. The van der Waals surface area contributed by atoms with Gasteiger partial charge in [0.05, 0.1) is 6.54 Å². The van der Waals surface area contributed by atoms with Crippen LogP contribution < -0.4 is 20.4 Å². The number of hydrogen-bond acceptors (Lipinski definition) is 5. The number of anilines is 1. The molecule has 2 aliphatic rings. The number of carbonyl (C=O) groups is 1. The molecule has 0 spiro atoms. The summed E-state index contributed by atoms with van der Waals surface area (Å²) in [5, 5.41) is 2.93. The quantitative estimate of drug-likeness (QED) is 0.849. The molecule has 0 bridgehead atoms. The summed E-state index contributed by atoms with van der Waals surface area (Å²) in [5.74, 6) is 0.459. The van der Waals surface area contributed by atoms with Crippen LogP contribution >= 0.6 is 0 Å². The molecule has 0 radical (unpaired) electrons. The zero-order valence-corrected chi connectivity index (χ0v) is 15.3. The van der Waals surface area contributed by atoms with Gasteiger partial charge in [0.2, 0.25) is 11.2 Å². The minimum Gasteiger partial charge on any atom is -0.477 e. The minimum absolute atomic E-state index is 0.0714. The van der Waals surface area contributed by atoms with Gasteiger partial charge in [-0.3, -0.25) is 9.59 Å². The van der Waals surface area contributed by atoms with Gasteiger partial charge in [-0.2, -0.15) is 0 Å². The lowest BCUT2D eigenvalue weighted by atomic mass is 10.2. The van der Waals surface area contributed by atoms with Crippen LogP contribution in [0.1, 0.15) is 37.0 Å². The highest BCUT2D eigenvalue weighted by atomic mass is 16.5. The van der Waals surface area contributed by atoms with E-state index in [4.69, 9.17) is 9.15 Å². The third kappa shape index (κ3) is 4.15. The summed E-state index contributed by atoms with van der Waals surface area (Å²) in [5.41, 5.74) is 2.23. The van der Waals surface area contributed by atoms with E-state index in [0.717, 1.165) is 38.6 Å². The Morgan fingerprint density at radius 1 is 1.26 bits per heavy atom. The standard InChI is InChI=1S/C21H24N2O4/c24-19-11-17(12-23-10-9-15-5-1-4-8-18(15)23)26-13-20(19)27-14-21(25)22-16-6-2-3-7-16/h1,4-5,8,11,13,16H,2-3,6-7,9-10,12,14H2,(H,22,25). The van der Waals surface area contributed by atoms with Gasteiger partial charge in [0.25, 0.3) is 5.91 Å². The van der Waals surface area contributed by atoms with Crippen molar-refractivity contribution in [1.82, 2.24) is 5.32 Å². The van der Waals surface area contributed by atoms with Crippen LogP contribution in [-0.2, 0) is 17.8 Å². The Balaban J connectivity index is 1.34. The Labute approximate surface area is 158 Å². The van der Waals surface area contributed by atoms with E-state index in [0.29, 0.717) is 12.3 Å². The van der Waals surface area contributed by atoms with Crippen molar-refractivity contribution in [3.63, 3.8) is 0 Å². The Bertz CT molecular complexity index is 870. The van der Waals surface area contributed by atoms with Crippen LogP contribution in [0.3, 0.4) is 0 Å². The number of ether oxygens (including phenoxy) is 1. The first-order valence-corrected chi connectivity index (χ1v) is 9.56. The largest absolute Gasteiger partial charge is 0.477 e. The van der Waals surface area contributed by atoms with Crippen molar-refractivity contribution in [3.8, 4) is 5.75 Å². The van der Waals surface area contributed by atoms with Crippen molar-refractivity contribution in [1.29, 1.82) is 0 Å². The second-order valence-corrected chi connectivity index (χ2v) is 7.21. The molecule has 27 heavy (non-hydrogen) atoms. The molecule has 2 heterocycles. The Morgan fingerprint density at radius 2 is 2.07 bits per heavy atom. The number of nitrogens with one attached hydrogen (secondary N) is 1. The van der Waals surface area contributed by atoms with Crippen molar-refractivity contribution in [2.45, 2.75) is 44.7 Å². The maximum Gasteiger partial charge on any atom is 0.258 e. The molecule has 0 saturated heterocycles. The molecule has 4 rings (SSSR count). The van der Waals surface area contributed by atoms with Crippen molar-refractivity contribution >= 4 is 11.6 Å². The maximum atomic E-state index is 12.3. The zero-order valence-electron chi connectivity index (χ0n) is 15.3. The first kappa shape index (κ1) is 17.6. The van der Waals surface area contributed by atoms with Gasteiger partial charge < -0.3 is 19.4 Å². The second-order valence-electron chi connectivity index (χ2n) is 7.21. The molecule has 2 aromatic rings. The third-order valence-electron chi connectivity index (χ3n) is 5.26. The molecule has 6 nitrogen and oxygen atoms in total. The van der Waals surface area contributed by atoms with Crippen LogP contribution in [-0.4, -0.2) is 25.1 Å². The molecule has 1 fully saturated rings. The Hall–Kier alpha value is -2.76. The molecule has 1 amide bonds. The van der Waals surface area contributed by atoms with E-state index < -0.39 is 0 Å². The monoisotopic (exact) mass is 368 g/mol. The van der Waals surface area contributed by atoms with Crippen LogP contribution in [0, 0.1) is 0 Å². The van der Waals surface area contributed by atoms with Gasteiger partial charge in [0.1, 0.15) is 12.0 Å². The van der Waals surface area contributed by atoms with Crippen LogP contribution in [0.25, 0.3) is 0 Å². The summed E-state index contributed by atoms with van der Waals surface area (Å²) in [6.45, 7) is 1.28. The number of carbonyl (C=O) groups excluding carboxylic acids is 1. The van der Waals surface area contributed by atoms with Gasteiger partial charge in [-0.05, 0) is 30.9 Å². The molecule has 0 atom stereocenters. The molecule has 142 valence electrons. The highest BCUT2D eigenvalue weighted by Crippen LogP contribution is 2.28. The molecular formula is C21H24N2O4. The van der Waals surface area contributed by atoms with E-state index in [1.807, 2.05) is 12.1 Å². The fourth-order valence-corrected chi connectivity index (χ4v) is 3.87. The van der Waals surface area contributed by atoms with E-state index in [2.05, 4.69) is 22.3 Å². The second kappa shape index (κ2) is 7.86. The Morgan fingerprint density at radius 3 is 2.89 bits per heavy atom. The Kier molecular flexibility index (Phi) is 5.14. The number of fused-ring (bicyclic) bond motifs is 1. The fourth-order valence-electron chi connectivity index (χ4n) is 3.87. The minimum atomic E-state index is -0.266. The highest BCUT2D eigenvalue weighted by molar-refractivity contribution is 5.77. The van der Waals surface area contributed by atoms with Gasteiger partial charge >= 0.3 is 0 Å². The number of rotatable bonds is 6. The lowest BCUT2D eigenvalue weighted by molar-refractivity contribution is -0.123. The summed E-state index contributed by atoms with van der Waals surface area (Å²) in [7, 11) is 0. The van der Waals surface area contributed by atoms with Crippen molar-refractivity contribution < 1.29 is 13.9 Å². The maximum absolute atomic E-state index is 12.3. The number of hydrogen-bond donors (Lipinski definition) is 1. The predicted octanol–water partition coefficient (Wildman–Crippen LogP) is 2.64. The van der Waals surface area contributed by atoms with Crippen LogP contribution in [0.5, 0.6) is 5.75 Å². The van der Waals surface area contributed by atoms with E-state index in [1.54, 1.807) is 0 Å².